The topological polar surface area (TPSA) is 17.8 Å². The molecule has 1 rings (SSSR count). The number of rotatable bonds is 9. The average Bonchev–Trinajstić information content (AvgIpc) is 2.63. The van der Waals surface area contributed by atoms with Crippen LogP contribution in [0.2, 0.25) is 0 Å². The first-order valence-corrected chi connectivity index (χ1v) is 7.24. The van der Waals surface area contributed by atoms with Gasteiger partial charge in [-0.05, 0) is 20.3 Å². The highest BCUT2D eigenvalue weighted by Crippen LogP contribution is 2.10. The molecule has 0 saturated heterocycles. The van der Waals surface area contributed by atoms with E-state index >= 15 is 0 Å². The highest BCUT2D eigenvalue weighted by molar-refractivity contribution is 5.01. The van der Waals surface area contributed by atoms with E-state index in [4.69, 9.17) is 0 Å². The van der Waals surface area contributed by atoms with Crippen molar-refractivity contribution in [2.45, 2.75) is 78.7 Å². The van der Waals surface area contributed by atoms with Crippen LogP contribution in [-0.2, 0) is 6.54 Å². The maximum absolute atomic E-state index is 4.33. The molecule has 0 atom stereocenters. The number of unbranched alkanes of at least 4 members (excludes halogenated alkanes) is 7. The minimum atomic E-state index is 1.15. The smallest absolute Gasteiger partial charge is 0.105 e. The third-order valence-electron chi connectivity index (χ3n) is 3.49. The summed E-state index contributed by atoms with van der Waals surface area (Å²) in [5.41, 5.74) is 1.30. The van der Waals surface area contributed by atoms with Gasteiger partial charge in [-0.3, -0.25) is 0 Å². The van der Waals surface area contributed by atoms with Crippen molar-refractivity contribution in [1.82, 2.24) is 9.55 Å². The van der Waals surface area contributed by atoms with Crippen molar-refractivity contribution in [2.75, 3.05) is 0 Å². The Balaban J connectivity index is 2.01. The molecule has 0 amide bonds. The second-order valence-electron chi connectivity index (χ2n) is 5.07. The Labute approximate surface area is 106 Å². The number of aromatic nitrogens is 2. The molecule has 0 spiro atoms. The van der Waals surface area contributed by atoms with Crippen LogP contribution in [-0.4, -0.2) is 9.55 Å². The third kappa shape index (κ3) is 5.38. The standard InChI is InChI=1S/C15H28N2/c1-4-5-6-7-8-9-10-11-12-17-14(2)13-16-15(17)3/h13H,4-12H2,1-3H3. The highest BCUT2D eigenvalue weighted by Gasteiger charge is 2.01. The maximum atomic E-state index is 4.33. The van der Waals surface area contributed by atoms with Crippen LogP contribution < -0.4 is 0 Å². The first kappa shape index (κ1) is 14.3. The lowest BCUT2D eigenvalue weighted by molar-refractivity contribution is 0.535. The minimum absolute atomic E-state index is 1.15. The van der Waals surface area contributed by atoms with E-state index < -0.39 is 0 Å². The van der Waals surface area contributed by atoms with Crippen molar-refractivity contribution in [3.05, 3.63) is 17.7 Å². The molecule has 2 heteroatoms. The minimum Gasteiger partial charge on any atom is -0.333 e. The van der Waals surface area contributed by atoms with Crippen LogP contribution >= 0.6 is 0 Å². The highest BCUT2D eigenvalue weighted by atomic mass is 15.1. The van der Waals surface area contributed by atoms with Gasteiger partial charge in [0.05, 0.1) is 0 Å². The molecule has 98 valence electrons. The molecule has 1 aromatic rings. The summed E-state index contributed by atoms with van der Waals surface area (Å²) >= 11 is 0. The van der Waals surface area contributed by atoms with Gasteiger partial charge in [0.15, 0.2) is 0 Å². The largest absolute Gasteiger partial charge is 0.333 e. The Hall–Kier alpha value is -0.790. The number of nitrogens with zero attached hydrogens (tertiary/aromatic N) is 2. The zero-order chi connectivity index (χ0) is 12.5. The van der Waals surface area contributed by atoms with Crippen molar-refractivity contribution in [3.63, 3.8) is 0 Å². The van der Waals surface area contributed by atoms with E-state index in [9.17, 15) is 0 Å². The third-order valence-corrected chi connectivity index (χ3v) is 3.49. The average molecular weight is 236 g/mol. The molecule has 0 aromatic carbocycles. The fourth-order valence-corrected chi connectivity index (χ4v) is 2.32. The van der Waals surface area contributed by atoms with Gasteiger partial charge >= 0.3 is 0 Å². The van der Waals surface area contributed by atoms with E-state index in [1.54, 1.807) is 0 Å². The fraction of sp³-hybridized carbons (Fsp3) is 0.800. The summed E-state index contributed by atoms with van der Waals surface area (Å²) in [6, 6.07) is 0. The first-order valence-electron chi connectivity index (χ1n) is 7.24. The van der Waals surface area contributed by atoms with E-state index in [1.165, 1.54) is 57.1 Å². The molecule has 0 N–H and O–H groups in total. The van der Waals surface area contributed by atoms with Crippen LogP contribution in [0.5, 0.6) is 0 Å². The molecule has 1 aromatic heterocycles. The number of hydrogen-bond donors (Lipinski definition) is 0. The van der Waals surface area contributed by atoms with Crippen LogP contribution in [0.15, 0.2) is 6.20 Å². The van der Waals surface area contributed by atoms with E-state index in [2.05, 4.69) is 30.3 Å². The van der Waals surface area contributed by atoms with Gasteiger partial charge in [-0.2, -0.15) is 0 Å². The predicted molar refractivity (Wildman–Crippen MR) is 74.3 cm³/mol. The Bertz CT molecular complexity index is 282. The fourth-order valence-electron chi connectivity index (χ4n) is 2.32. The second kappa shape index (κ2) is 8.32. The predicted octanol–water partition coefficient (Wildman–Crippen LogP) is 4.64. The SMILES string of the molecule is CCCCCCCCCCn1c(C)cnc1C. The zero-order valence-electron chi connectivity index (χ0n) is 11.8. The van der Waals surface area contributed by atoms with Crippen molar-refractivity contribution in [3.8, 4) is 0 Å². The van der Waals surface area contributed by atoms with Crippen molar-refractivity contribution in [1.29, 1.82) is 0 Å². The molecule has 0 aliphatic heterocycles. The molecule has 0 aliphatic rings. The summed E-state index contributed by atoms with van der Waals surface area (Å²) in [7, 11) is 0. The molecular weight excluding hydrogens is 208 g/mol. The molecular formula is C15H28N2. The summed E-state index contributed by atoms with van der Waals surface area (Å²) in [5.74, 6) is 1.16. The van der Waals surface area contributed by atoms with E-state index in [0.29, 0.717) is 0 Å². The lowest BCUT2D eigenvalue weighted by Gasteiger charge is -2.07. The summed E-state index contributed by atoms with van der Waals surface area (Å²) in [4.78, 5) is 4.33. The summed E-state index contributed by atoms with van der Waals surface area (Å²) < 4.78 is 2.33. The van der Waals surface area contributed by atoms with Gasteiger partial charge in [0.1, 0.15) is 5.82 Å². The Morgan fingerprint density at radius 2 is 1.53 bits per heavy atom. The Morgan fingerprint density at radius 3 is 2.06 bits per heavy atom. The number of imidazole rings is 1. The van der Waals surface area contributed by atoms with Gasteiger partial charge < -0.3 is 4.57 Å². The van der Waals surface area contributed by atoms with Gasteiger partial charge in [0.25, 0.3) is 0 Å². The number of aryl methyl sites for hydroxylation is 2. The van der Waals surface area contributed by atoms with E-state index in [1.807, 2.05) is 6.20 Å². The summed E-state index contributed by atoms with van der Waals surface area (Å²) in [6.45, 7) is 7.66. The van der Waals surface area contributed by atoms with Crippen molar-refractivity contribution < 1.29 is 0 Å². The molecule has 0 fully saturated rings. The monoisotopic (exact) mass is 236 g/mol. The van der Waals surface area contributed by atoms with Crippen LogP contribution in [0.25, 0.3) is 0 Å². The van der Waals surface area contributed by atoms with Gasteiger partial charge in [0.2, 0.25) is 0 Å². The van der Waals surface area contributed by atoms with Crippen LogP contribution in [0.3, 0.4) is 0 Å². The van der Waals surface area contributed by atoms with Crippen LogP contribution in [0.1, 0.15) is 69.8 Å². The molecule has 0 unspecified atom stereocenters. The number of hydrogen-bond acceptors (Lipinski definition) is 1. The van der Waals surface area contributed by atoms with E-state index in [0.717, 1.165) is 12.4 Å². The maximum Gasteiger partial charge on any atom is 0.105 e. The van der Waals surface area contributed by atoms with Gasteiger partial charge in [-0.1, -0.05) is 51.9 Å². The van der Waals surface area contributed by atoms with Gasteiger partial charge in [-0.25, -0.2) is 4.98 Å². The second-order valence-corrected chi connectivity index (χ2v) is 5.07. The summed E-state index contributed by atoms with van der Waals surface area (Å²) in [5, 5.41) is 0. The Kier molecular flexibility index (Phi) is 6.99. The molecule has 0 bridgehead atoms. The van der Waals surface area contributed by atoms with Gasteiger partial charge in [-0.15, -0.1) is 0 Å². The lowest BCUT2D eigenvalue weighted by atomic mass is 10.1. The lowest BCUT2D eigenvalue weighted by Crippen LogP contribution is -2.02. The van der Waals surface area contributed by atoms with Crippen LogP contribution in [0.4, 0.5) is 0 Å². The molecule has 1 heterocycles. The van der Waals surface area contributed by atoms with Gasteiger partial charge in [0, 0.05) is 18.4 Å². The first-order chi connectivity index (χ1) is 8.25. The quantitative estimate of drug-likeness (QED) is 0.571. The van der Waals surface area contributed by atoms with Crippen LogP contribution in [0, 0.1) is 13.8 Å². The Morgan fingerprint density at radius 1 is 0.941 bits per heavy atom. The molecule has 17 heavy (non-hydrogen) atoms. The van der Waals surface area contributed by atoms with Crippen molar-refractivity contribution >= 4 is 0 Å². The van der Waals surface area contributed by atoms with E-state index in [-0.39, 0.29) is 0 Å². The molecule has 0 radical (unpaired) electrons. The zero-order valence-corrected chi connectivity index (χ0v) is 11.8. The summed E-state index contributed by atoms with van der Waals surface area (Å²) in [6.07, 6.45) is 13.1. The molecule has 0 saturated carbocycles. The molecule has 0 aliphatic carbocycles. The normalized spacial score (nSPS) is 11.0. The van der Waals surface area contributed by atoms with Crippen molar-refractivity contribution in [2.24, 2.45) is 0 Å². The molecule has 2 nitrogen and oxygen atoms in total.